The van der Waals surface area contributed by atoms with Crippen molar-refractivity contribution in [2.45, 2.75) is 50.3 Å². The second-order valence-electron chi connectivity index (χ2n) is 6.92. The van der Waals surface area contributed by atoms with Gasteiger partial charge >= 0.3 is 0 Å². The molecule has 1 amide bonds. The third-order valence-corrected chi connectivity index (χ3v) is 4.64. The minimum Gasteiger partial charge on any atom is -0.361 e. The number of ether oxygens (including phenoxy) is 1. The molecule has 1 aromatic rings. The molecule has 3 rings (SSSR count). The van der Waals surface area contributed by atoms with E-state index >= 15 is 0 Å². The summed E-state index contributed by atoms with van der Waals surface area (Å²) in [6.07, 6.45) is 3.46. The molecule has 1 saturated carbocycles. The maximum Gasteiger partial charge on any atom is 0.237 e. The molecule has 3 N–H and O–H groups in total. The number of rotatable bonds is 8. The third kappa shape index (κ3) is 4.18. The molecule has 1 heterocycles. The van der Waals surface area contributed by atoms with Gasteiger partial charge in [0.15, 0.2) is 5.78 Å². The third-order valence-electron chi connectivity index (χ3n) is 4.64. The van der Waals surface area contributed by atoms with E-state index < -0.39 is 17.7 Å². The van der Waals surface area contributed by atoms with Gasteiger partial charge in [-0.2, -0.15) is 0 Å². The summed E-state index contributed by atoms with van der Waals surface area (Å²) >= 11 is 0. The number of carbonyl (C=O) groups excluding carboxylic acids is 2. The fourth-order valence-electron chi connectivity index (χ4n) is 2.78. The first-order chi connectivity index (χ1) is 11.0. The highest BCUT2D eigenvalue weighted by Gasteiger charge is 2.50. The molecular formula is C18H24N2O3. The zero-order valence-corrected chi connectivity index (χ0v) is 13.5. The van der Waals surface area contributed by atoms with E-state index in [2.05, 4.69) is 5.32 Å². The summed E-state index contributed by atoms with van der Waals surface area (Å²) < 4.78 is 5.26. The van der Waals surface area contributed by atoms with Crippen molar-refractivity contribution in [3.8, 4) is 0 Å². The summed E-state index contributed by atoms with van der Waals surface area (Å²) in [5.41, 5.74) is 6.22. The molecular weight excluding hydrogens is 292 g/mol. The van der Waals surface area contributed by atoms with Crippen LogP contribution in [0.1, 0.15) is 31.7 Å². The van der Waals surface area contributed by atoms with Crippen LogP contribution in [0.5, 0.6) is 0 Å². The second kappa shape index (κ2) is 6.42. The Morgan fingerprint density at radius 1 is 1.35 bits per heavy atom. The Bertz CT molecular complexity index is 579. The molecule has 0 spiro atoms. The standard InChI is InChI=1S/C18H24N2O3/c1-18(11-23-18)16(21)15(10-12-5-3-2-4-6-12)20-17(22)14(19)9-13-7-8-13/h2-6,13-15H,7-11,19H2,1H3,(H,20,22). The van der Waals surface area contributed by atoms with E-state index in [4.69, 9.17) is 10.5 Å². The lowest BCUT2D eigenvalue weighted by atomic mass is 9.94. The van der Waals surface area contributed by atoms with E-state index in [9.17, 15) is 9.59 Å². The molecule has 0 aromatic heterocycles. The van der Waals surface area contributed by atoms with Gasteiger partial charge < -0.3 is 15.8 Å². The van der Waals surface area contributed by atoms with Gasteiger partial charge in [-0.05, 0) is 31.2 Å². The molecule has 1 saturated heterocycles. The van der Waals surface area contributed by atoms with Crippen molar-refractivity contribution in [3.63, 3.8) is 0 Å². The molecule has 0 radical (unpaired) electrons. The number of hydrogen-bond donors (Lipinski definition) is 2. The van der Waals surface area contributed by atoms with Crippen LogP contribution in [-0.2, 0) is 20.7 Å². The van der Waals surface area contributed by atoms with Crippen LogP contribution in [0.25, 0.3) is 0 Å². The van der Waals surface area contributed by atoms with Crippen LogP contribution in [0.4, 0.5) is 0 Å². The van der Waals surface area contributed by atoms with Crippen molar-refractivity contribution in [3.05, 3.63) is 35.9 Å². The number of nitrogens with one attached hydrogen (secondary N) is 1. The Morgan fingerprint density at radius 3 is 2.57 bits per heavy atom. The molecule has 5 heteroatoms. The van der Waals surface area contributed by atoms with Crippen LogP contribution in [0.3, 0.4) is 0 Å². The molecule has 0 bridgehead atoms. The van der Waals surface area contributed by atoms with Crippen molar-refractivity contribution >= 4 is 11.7 Å². The van der Waals surface area contributed by atoms with Crippen LogP contribution in [0.2, 0.25) is 0 Å². The predicted octanol–water partition coefficient (Wildman–Crippen LogP) is 1.20. The second-order valence-corrected chi connectivity index (χ2v) is 6.92. The van der Waals surface area contributed by atoms with Crippen molar-refractivity contribution in [1.82, 2.24) is 5.32 Å². The Kier molecular flexibility index (Phi) is 4.50. The smallest absolute Gasteiger partial charge is 0.237 e. The molecule has 3 unspecified atom stereocenters. The summed E-state index contributed by atoms with van der Waals surface area (Å²) in [5, 5.41) is 2.85. The minimum atomic E-state index is -0.757. The van der Waals surface area contributed by atoms with E-state index in [0.29, 0.717) is 25.4 Å². The number of hydrogen-bond acceptors (Lipinski definition) is 4. The molecule has 3 atom stereocenters. The van der Waals surface area contributed by atoms with Gasteiger partial charge in [-0.25, -0.2) is 0 Å². The van der Waals surface area contributed by atoms with Crippen molar-refractivity contribution in [1.29, 1.82) is 0 Å². The molecule has 23 heavy (non-hydrogen) atoms. The van der Waals surface area contributed by atoms with E-state index in [1.54, 1.807) is 6.92 Å². The maximum absolute atomic E-state index is 12.6. The average molecular weight is 316 g/mol. The zero-order chi connectivity index (χ0) is 16.4. The van der Waals surface area contributed by atoms with Gasteiger partial charge in [0, 0.05) is 0 Å². The Morgan fingerprint density at radius 2 is 2.00 bits per heavy atom. The lowest BCUT2D eigenvalue weighted by Gasteiger charge is -2.22. The first-order valence-electron chi connectivity index (χ1n) is 8.26. The molecule has 1 aliphatic heterocycles. The summed E-state index contributed by atoms with van der Waals surface area (Å²) in [6.45, 7) is 2.19. The fourth-order valence-corrected chi connectivity index (χ4v) is 2.78. The zero-order valence-electron chi connectivity index (χ0n) is 13.5. The van der Waals surface area contributed by atoms with Crippen LogP contribution < -0.4 is 11.1 Å². The van der Waals surface area contributed by atoms with Gasteiger partial charge in [-0.3, -0.25) is 9.59 Å². The monoisotopic (exact) mass is 316 g/mol. The minimum absolute atomic E-state index is 0.0756. The van der Waals surface area contributed by atoms with Crippen LogP contribution in [0, 0.1) is 5.92 Å². The van der Waals surface area contributed by atoms with E-state index in [1.807, 2.05) is 30.3 Å². The highest BCUT2D eigenvalue weighted by Crippen LogP contribution is 2.33. The molecule has 124 valence electrons. The lowest BCUT2D eigenvalue weighted by Crippen LogP contribution is -2.52. The number of benzene rings is 1. The van der Waals surface area contributed by atoms with Crippen molar-refractivity contribution in [2.24, 2.45) is 11.7 Å². The first-order valence-corrected chi connectivity index (χ1v) is 8.26. The molecule has 1 aromatic carbocycles. The number of carbonyl (C=O) groups is 2. The van der Waals surface area contributed by atoms with E-state index in [1.165, 1.54) is 0 Å². The van der Waals surface area contributed by atoms with Crippen molar-refractivity contribution < 1.29 is 14.3 Å². The fraction of sp³-hybridized carbons (Fsp3) is 0.556. The summed E-state index contributed by atoms with van der Waals surface area (Å²) in [4.78, 5) is 25.0. The quantitative estimate of drug-likeness (QED) is 0.706. The summed E-state index contributed by atoms with van der Waals surface area (Å²) in [7, 11) is 0. The number of amides is 1. The van der Waals surface area contributed by atoms with E-state index in [-0.39, 0.29) is 11.7 Å². The normalized spacial score (nSPS) is 25.5. The Labute approximate surface area is 136 Å². The number of nitrogens with two attached hydrogens (primary N) is 1. The highest BCUT2D eigenvalue weighted by molar-refractivity contribution is 5.97. The number of Topliss-reactive ketones (excluding diaryl/α,β-unsaturated/α-hetero) is 1. The topological polar surface area (TPSA) is 84.7 Å². The number of epoxide rings is 1. The van der Waals surface area contributed by atoms with Gasteiger partial charge in [-0.1, -0.05) is 43.2 Å². The Hall–Kier alpha value is -1.72. The van der Waals surface area contributed by atoms with E-state index in [0.717, 1.165) is 18.4 Å². The van der Waals surface area contributed by atoms with Gasteiger partial charge in [0.25, 0.3) is 0 Å². The lowest BCUT2D eigenvalue weighted by molar-refractivity contribution is -0.131. The SMILES string of the molecule is CC1(C(=O)C(Cc2ccccc2)NC(=O)C(N)CC2CC2)CO1. The molecule has 2 aliphatic rings. The summed E-state index contributed by atoms with van der Waals surface area (Å²) in [5.74, 6) is 0.257. The predicted molar refractivity (Wildman–Crippen MR) is 86.8 cm³/mol. The Balaban J connectivity index is 1.66. The van der Waals surface area contributed by atoms with Gasteiger partial charge in [0.05, 0.1) is 18.7 Å². The molecule has 1 aliphatic carbocycles. The van der Waals surface area contributed by atoms with Crippen LogP contribution in [-0.4, -0.2) is 36.0 Å². The molecule has 5 nitrogen and oxygen atoms in total. The van der Waals surface area contributed by atoms with Crippen LogP contribution in [0.15, 0.2) is 30.3 Å². The van der Waals surface area contributed by atoms with Gasteiger partial charge in [0.1, 0.15) is 5.60 Å². The highest BCUT2D eigenvalue weighted by atomic mass is 16.6. The largest absolute Gasteiger partial charge is 0.361 e. The summed E-state index contributed by atoms with van der Waals surface area (Å²) in [6, 6.07) is 8.54. The van der Waals surface area contributed by atoms with Gasteiger partial charge in [-0.15, -0.1) is 0 Å². The van der Waals surface area contributed by atoms with Crippen molar-refractivity contribution in [2.75, 3.05) is 6.61 Å². The first kappa shape index (κ1) is 16.1. The van der Waals surface area contributed by atoms with Gasteiger partial charge in [0.2, 0.25) is 5.91 Å². The maximum atomic E-state index is 12.6. The molecule has 2 fully saturated rings. The van der Waals surface area contributed by atoms with Crippen LogP contribution >= 0.6 is 0 Å². The number of ketones is 1. The average Bonchev–Trinajstić information content (AvgIpc) is 3.46.